The molecular weight excluding hydrogens is 502 g/mol. The standard InChI is InChI=1S/C33H31N3O4/c1-38-30-15-14-25(17-31(30)39-2)27-18-29(26-13-12-23-10-6-7-11-24(23)16-26)36-33(28(27)19-34)40-21-32(37)35-20-22-8-4-3-5-9-22/h3-5,8-9,12-18H,6-7,10-11,20-21H2,1-2H3,(H,35,37). The van der Waals surface area contributed by atoms with Gasteiger partial charge in [-0.3, -0.25) is 4.79 Å². The predicted octanol–water partition coefficient (Wildman–Crippen LogP) is 5.88. The highest BCUT2D eigenvalue weighted by molar-refractivity contribution is 5.80. The molecule has 5 rings (SSSR count). The Bertz CT molecular complexity index is 1560. The molecule has 4 aromatic rings. The van der Waals surface area contributed by atoms with Crippen LogP contribution in [0.5, 0.6) is 17.4 Å². The zero-order valence-electron chi connectivity index (χ0n) is 22.7. The number of nitrogens with zero attached hydrogens (tertiary/aromatic N) is 2. The first-order valence-corrected chi connectivity index (χ1v) is 13.3. The number of nitriles is 1. The van der Waals surface area contributed by atoms with Crippen LogP contribution in [0.25, 0.3) is 22.4 Å². The summed E-state index contributed by atoms with van der Waals surface area (Å²) in [4.78, 5) is 17.4. The first kappa shape index (κ1) is 26.8. The quantitative estimate of drug-likeness (QED) is 0.289. The molecule has 1 N–H and O–H groups in total. The highest BCUT2D eigenvalue weighted by Crippen LogP contribution is 2.38. The molecule has 7 nitrogen and oxygen atoms in total. The van der Waals surface area contributed by atoms with Crippen LogP contribution in [0.4, 0.5) is 0 Å². The fourth-order valence-corrected chi connectivity index (χ4v) is 4.99. The van der Waals surface area contributed by atoms with Gasteiger partial charge in [0.25, 0.3) is 5.91 Å². The van der Waals surface area contributed by atoms with Crippen LogP contribution in [0.1, 0.15) is 35.1 Å². The van der Waals surface area contributed by atoms with Crippen molar-refractivity contribution in [1.82, 2.24) is 10.3 Å². The smallest absolute Gasteiger partial charge is 0.258 e. The number of benzene rings is 3. The number of hydrogen-bond acceptors (Lipinski definition) is 6. The Kier molecular flexibility index (Phi) is 8.26. The minimum Gasteiger partial charge on any atom is -0.493 e. The zero-order valence-corrected chi connectivity index (χ0v) is 22.7. The van der Waals surface area contributed by atoms with Crippen molar-refractivity contribution >= 4 is 5.91 Å². The molecule has 0 atom stereocenters. The maximum atomic E-state index is 12.6. The molecular formula is C33H31N3O4. The molecule has 0 spiro atoms. The van der Waals surface area contributed by atoms with Crippen molar-refractivity contribution in [2.45, 2.75) is 32.2 Å². The lowest BCUT2D eigenvalue weighted by Gasteiger charge is -2.18. The number of aryl methyl sites for hydroxylation is 2. The molecule has 0 saturated heterocycles. The van der Waals surface area contributed by atoms with Crippen LogP contribution in [0.2, 0.25) is 0 Å². The van der Waals surface area contributed by atoms with Gasteiger partial charge in [0.15, 0.2) is 18.1 Å². The molecule has 1 aliphatic rings. The number of ether oxygens (including phenoxy) is 3. The molecule has 0 bridgehead atoms. The number of rotatable bonds is 9. The molecule has 1 aromatic heterocycles. The van der Waals surface area contributed by atoms with Gasteiger partial charge in [0.1, 0.15) is 11.6 Å². The number of amides is 1. The molecule has 0 unspecified atom stereocenters. The number of fused-ring (bicyclic) bond motifs is 1. The lowest BCUT2D eigenvalue weighted by Crippen LogP contribution is -2.28. The van der Waals surface area contributed by atoms with Gasteiger partial charge < -0.3 is 19.5 Å². The molecule has 0 aliphatic heterocycles. The Morgan fingerprint density at radius 2 is 1.65 bits per heavy atom. The summed E-state index contributed by atoms with van der Waals surface area (Å²) < 4.78 is 16.8. The number of nitrogens with one attached hydrogen (secondary N) is 1. The number of hydrogen-bond donors (Lipinski definition) is 1. The first-order valence-electron chi connectivity index (χ1n) is 13.3. The van der Waals surface area contributed by atoms with E-state index in [9.17, 15) is 10.1 Å². The van der Waals surface area contributed by atoms with E-state index < -0.39 is 0 Å². The summed E-state index contributed by atoms with van der Waals surface area (Å²) in [5.74, 6) is 0.929. The predicted molar refractivity (Wildman–Crippen MR) is 153 cm³/mol. The molecule has 0 saturated carbocycles. The second kappa shape index (κ2) is 12.4. The van der Waals surface area contributed by atoms with Crippen LogP contribution in [0, 0.1) is 11.3 Å². The van der Waals surface area contributed by atoms with Crippen molar-refractivity contribution in [3.8, 4) is 45.8 Å². The minimum absolute atomic E-state index is 0.109. The highest BCUT2D eigenvalue weighted by Gasteiger charge is 2.20. The molecule has 1 heterocycles. The van der Waals surface area contributed by atoms with E-state index in [-0.39, 0.29) is 24.0 Å². The van der Waals surface area contributed by atoms with Crippen molar-refractivity contribution in [3.05, 3.63) is 95.1 Å². The van der Waals surface area contributed by atoms with Crippen LogP contribution in [0.15, 0.2) is 72.8 Å². The Morgan fingerprint density at radius 3 is 2.40 bits per heavy atom. The summed E-state index contributed by atoms with van der Waals surface area (Å²) in [5.41, 5.74) is 6.89. The van der Waals surface area contributed by atoms with Crippen LogP contribution < -0.4 is 19.5 Å². The summed E-state index contributed by atoms with van der Waals surface area (Å²) in [7, 11) is 3.15. The average molecular weight is 534 g/mol. The third-order valence-corrected chi connectivity index (χ3v) is 7.11. The van der Waals surface area contributed by atoms with Gasteiger partial charge in [-0.1, -0.05) is 48.5 Å². The Balaban J connectivity index is 1.51. The third-order valence-electron chi connectivity index (χ3n) is 7.11. The van der Waals surface area contributed by atoms with E-state index in [4.69, 9.17) is 19.2 Å². The van der Waals surface area contributed by atoms with Crippen molar-refractivity contribution in [2.75, 3.05) is 20.8 Å². The highest BCUT2D eigenvalue weighted by atomic mass is 16.5. The largest absolute Gasteiger partial charge is 0.493 e. The van der Waals surface area contributed by atoms with Crippen molar-refractivity contribution in [3.63, 3.8) is 0 Å². The van der Waals surface area contributed by atoms with Gasteiger partial charge in [-0.05, 0) is 72.2 Å². The summed E-state index contributed by atoms with van der Waals surface area (Å²) in [5, 5.41) is 13.1. The SMILES string of the molecule is COc1ccc(-c2cc(-c3ccc4c(c3)CCCC4)nc(OCC(=O)NCc3ccccc3)c2C#N)cc1OC. The lowest BCUT2D eigenvalue weighted by atomic mass is 9.89. The fraction of sp³-hybridized carbons (Fsp3) is 0.242. The van der Waals surface area contributed by atoms with Gasteiger partial charge in [-0.25, -0.2) is 4.98 Å². The van der Waals surface area contributed by atoms with E-state index in [1.54, 1.807) is 20.3 Å². The van der Waals surface area contributed by atoms with E-state index in [0.717, 1.165) is 29.5 Å². The van der Waals surface area contributed by atoms with Crippen LogP contribution in [0.3, 0.4) is 0 Å². The Labute approximate surface area is 234 Å². The topological polar surface area (TPSA) is 93.5 Å². The number of pyridine rings is 1. The summed E-state index contributed by atoms with van der Waals surface area (Å²) in [6.07, 6.45) is 4.49. The van der Waals surface area contributed by atoms with Crippen LogP contribution in [-0.2, 0) is 24.2 Å². The van der Waals surface area contributed by atoms with Gasteiger partial charge >= 0.3 is 0 Å². The number of aromatic nitrogens is 1. The molecule has 7 heteroatoms. The Hall–Kier alpha value is -4.83. The van der Waals surface area contributed by atoms with Crippen LogP contribution in [-0.4, -0.2) is 31.7 Å². The number of carbonyl (C=O) groups excluding carboxylic acids is 1. The molecule has 1 aliphatic carbocycles. The average Bonchev–Trinajstić information content (AvgIpc) is 3.02. The number of methoxy groups -OCH3 is 2. The maximum absolute atomic E-state index is 12.6. The Morgan fingerprint density at radius 1 is 0.900 bits per heavy atom. The fourth-order valence-electron chi connectivity index (χ4n) is 4.99. The van der Waals surface area contributed by atoms with Crippen molar-refractivity contribution < 1.29 is 19.0 Å². The molecule has 1 amide bonds. The van der Waals surface area contributed by atoms with Crippen LogP contribution >= 0.6 is 0 Å². The molecule has 3 aromatic carbocycles. The summed E-state index contributed by atoms with van der Waals surface area (Å²) in [6.45, 7) is 0.112. The van der Waals surface area contributed by atoms with Gasteiger partial charge in [-0.15, -0.1) is 0 Å². The lowest BCUT2D eigenvalue weighted by molar-refractivity contribution is -0.123. The van der Waals surface area contributed by atoms with E-state index in [0.29, 0.717) is 29.3 Å². The normalized spacial score (nSPS) is 12.1. The molecule has 0 radical (unpaired) electrons. The summed E-state index contributed by atoms with van der Waals surface area (Å²) in [6, 6.07) is 25.7. The zero-order chi connectivity index (χ0) is 27.9. The van der Waals surface area contributed by atoms with E-state index in [1.165, 1.54) is 24.0 Å². The maximum Gasteiger partial charge on any atom is 0.258 e. The number of carbonyl (C=O) groups is 1. The van der Waals surface area contributed by atoms with Gasteiger partial charge in [-0.2, -0.15) is 5.26 Å². The molecule has 202 valence electrons. The summed E-state index contributed by atoms with van der Waals surface area (Å²) >= 11 is 0. The first-order chi connectivity index (χ1) is 19.6. The third kappa shape index (κ3) is 5.92. The van der Waals surface area contributed by atoms with Gasteiger partial charge in [0, 0.05) is 17.7 Å². The molecule has 0 fully saturated rings. The monoisotopic (exact) mass is 533 g/mol. The van der Waals surface area contributed by atoms with Gasteiger partial charge in [0.2, 0.25) is 5.88 Å². The van der Waals surface area contributed by atoms with E-state index >= 15 is 0 Å². The van der Waals surface area contributed by atoms with Crippen molar-refractivity contribution in [2.24, 2.45) is 0 Å². The second-order valence-electron chi connectivity index (χ2n) is 9.66. The minimum atomic E-state index is -0.304. The van der Waals surface area contributed by atoms with Gasteiger partial charge in [0.05, 0.1) is 19.9 Å². The molecule has 40 heavy (non-hydrogen) atoms. The van der Waals surface area contributed by atoms with Crippen molar-refractivity contribution in [1.29, 1.82) is 5.26 Å². The second-order valence-corrected chi connectivity index (χ2v) is 9.66. The van der Waals surface area contributed by atoms with E-state index in [2.05, 4.69) is 29.6 Å². The van der Waals surface area contributed by atoms with E-state index in [1.807, 2.05) is 48.5 Å².